The Morgan fingerprint density at radius 3 is 2.37 bits per heavy atom. The van der Waals surface area contributed by atoms with Gasteiger partial charge in [-0.2, -0.15) is 0 Å². The molecule has 0 unspecified atom stereocenters. The van der Waals surface area contributed by atoms with Gasteiger partial charge in [-0.1, -0.05) is 0 Å². The number of benzene rings is 1. The van der Waals surface area contributed by atoms with Gasteiger partial charge in [0.05, 0.1) is 17.1 Å². The highest BCUT2D eigenvalue weighted by molar-refractivity contribution is 7.89. The molecule has 6 nitrogen and oxygen atoms in total. The Bertz CT molecular complexity index is 655. The van der Waals surface area contributed by atoms with Crippen LogP contribution < -0.4 is 10.5 Å². The SMILES string of the molecule is Cc1nc(CNc2ccc(S(N)(=O)=O)cc2)oc1C. The fraction of sp³-hybridized carbons (Fsp3) is 0.250. The van der Waals surface area contributed by atoms with Crippen LogP contribution in [0.4, 0.5) is 5.69 Å². The Hall–Kier alpha value is -1.86. The average molecular weight is 281 g/mol. The molecule has 1 aromatic carbocycles. The minimum absolute atomic E-state index is 0.0841. The molecule has 102 valence electrons. The molecule has 0 amide bonds. The first kappa shape index (κ1) is 13.6. The zero-order valence-electron chi connectivity index (χ0n) is 10.7. The van der Waals surface area contributed by atoms with Crippen LogP contribution in [-0.2, 0) is 16.6 Å². The van der Waals surface area contributed by atoms with Crippen LogP contribution in [0.1, 0.15) is 17.3 Å². The fourth-order valence-electron chi connectivity index (χ4n) is 1.55. The van der Waals surface area contributed by atoms with Gasteiger partial charge in [0, 0.05) is 5.69 Å². The van der Waals surface area contributed by atoms with E-state index in [1.54, 1.807) is 12.1 Å². The van der Waals surface area contributed by atoms with E-state index in [1.807, 2.05) is 13.8 Å². The quantitative estimate of drug-likeness (QED) is 0.886. The number of hydrogen-bond donors (Lipinski definition) is 2. The first-order chi connectivity index (χ1) is 8.86. The number of aryl methyl sites for hydroxylation is 2. The van der Waals surface area contributed by atoms with Crippen LogP contribution in [0.2, 0.25) is 0 Å². The monoisotopic (exact) mass is 281 g/mol. The van der Waals surface area contributed by atoms with Crippen molar-refractivity contribution < 1.29 is 12.8 Å². The molecule has 1 aromatic heterocycles. The summed E-state index contributed by atoms with van der Waals surface area (Å²) in [4.78, 5) is 4.32. The van der Waals surface area contributed by atoms with Crippen LogP contribution in [0.15, 0.2) is 33.6 Å². The molecular formula is C12H15N3O3S. The summed E-state index contributed by atoms with van der Waals surface area (Å²) in [7, 11) is -3.65. The number of aromatic nitrogens is 1. The number of primary sulfonamides is 1. The van der Waals surface area contributed by atoms with Gasteiger partial charge >= 0.3 is 0 Å². The Labute approximate surface area is 111 Å². The summed E-state index contributed by atoms with van der Waals surface area (Å²) in [5.74, 6) is 1.38. The molecule has 2 aromatic rings. The maximum Gasteiger partial charge on any atom is 0.238 e. The molecule has 3 N–H and O–H groups in total. The van der Waals surface area contributed by atoms with Crippen molar-refractivity contribution in [2.75, 3.05) is 5.32 Å². The van der Waals surface area contributed by atoms with E-state index in [-0.39, 0.29) is 4.90 Å². The van der Waals surface area contributed by atoms with Crippen LogP contribution in [0, 0.1) is 13.8 Å². The summed E-state index contributed by atoms with van der Waals surface area (Å²) in [6.07, 6.45) is 0. The van der Waals surface area contributed by atoms with Gasteiger partial charge in [0.1, 0.15) is 5.76 Å². The molecule has 2 rings (SSSR count). The summed E-state index contributed by atoms with van der Waals surface area (Å²) in [6, 6.07) is 6.18. The van der Waals surface area contributed by atoms with Crippen molar-refractivity contribution in [1.82, 2.24) is 4.98 Å². The molecule has 0 saturated heterocycles. The van der Waals surface area contributed by atoms with Crippen molar-refractivity contribution >= 4 is 15.7 Å². The van der Waals surface area contributed by atoms with E-state index >= 15 is 0 Å². The molecule has 1 heterocycles. The van der Waals surface area contributed by atoms with Crippen molar-refractivity contribution in [2.24, 2.45) is 5.14 Å². The molecule has 0 fully saturated rings. The lowest BCUT2D eigenvalue weighted by Gasteiger charge is -2.04. The summed E-state index contributed by atoms with van der Waals surface area (Å²) < 4.78 is 27.6. The molecule has 0 aliphatic carbocycles. The lowest BCUT2D eigenvalue weighted by molar-refractivity contribution is 0.478. The van der Waals surface area contributed by atoms with E-state index in [4.69, 9.17) is 9.56 Å². The normalized spacial score (nSPS) is 11.5. The molecular weight excluding hydrogens is 266 g/mol. The first-order valence-corrected chi connectivity index (χ1v) is 7.20. The van der Waals surface area contributed by atoms with Gasteiger partial charge in [-0.3, -0.25) is 0 Å². The molecule has 0 radical (unpaired) electrons. The second-order valence-corrected chi connectivity index (χ2v) is 5.73. The number of anilines is 1. The van der Waals surface area contributed by atoms with Crippen LogP contribution >= 0.6 is 0 Å². The lowest BCUT2D eigenvalue weighted by atomic mass is 10.3. The second-order valence-electron chi connectivity index (χ2n) is 4.17. The number of hydrogen-bond acceptors (Lipinski definition) is 5. The highest BCUT2D eigenvalue weighted by atomic mass is 32.2. The number of sulfonamides is 1. The highest BCUT2D eigenvalue weighted by Gasteiger charge is 2.08. The van der Waals surface area contributed by atoms with E-state index in [2.05, 4.69) is 10.3 Å². The fourth-order valence-corrected chi connectivity index (χ4v) is 2.07. The van der Waals surface area contributed by atoms with Crippen LogP contribution in [0.3, 0.4) is 0 Å². The minimum atomic E-state index is -3.65. The topological polar surface area (TPSA) is 98.2 Å². The maximum absolute atomic E-state index is 11.1. The van der Waals surface area contributed by atoms with E-state index in [0.717, 1.165) is 17.1 Å². The van der Waals surface area contributed by atoms with Gasteiger partial charge in [0.2, 0.25) is 15.9 Å². The van der Waals surface area contributed by atoms with Crippen molar-refractivity contribution in [2.45, 2.75) is 25.3 Å². The maximum atomic E-state index is 11.1. The van der Waals surface area contributed by atoms with Crippen molar-refractivity contribution in [3.63, 3.8) is 0 Å². The van der Waals surface area contributed by atoms with Gasteiger partial charge in [0.25, 0.3) is 0 Å². The number of nitrogens with two attached hydrogens (primary N) is 1. The average Bonchev–Trinajstić information content (AvgIpc) is 2.66. The van der Waals surface area contributed by atoms with Crippen LogP contribution in [-0.4, -0.2) is 13.4 Å². The molecule has 0 aliphatic heterocycles. The summed E-state index contributed by atoms with van der Waals surface area (Å²) >= 11 is 0. The van der Waals surface area contributed by atoms with E-state index in [9.17, 15) is 8.42 Å². The molecule has 0 bridgehead atoms. The standard InChI is InChI=1S/C12H15N3O3S/c1-8-9(2)18-12(15-8)7-14-10-3-5-11(6-4-10)19(13,16)17/h3-6,14H,7H2,1-2H3,(H2,13,16,17). The van der Waals surface area contributed by atoms with E-state index < -0.39 is 10.0 Å². The Morgan fingerprint density at radius 1 is 1.26 bits per heavy atom. The highest BCUT2D eigenvalue weighted by Crippen LogP contribution is 2.14. The number of rotatable bonds is 4. The molecule has 0 spiro atoms. The molecule has 0 aliphatic rings. The summed E-state index contributed by atoms with van der Waals surface area (Å²) in [5, 5.41) is 8.11. The minimum Gasteiger partial charge on any atom is -0.444 e. The Morgan fingerprint density at radius 2 is 1.89 bits per heavy atom. The zero-order chi connectivity index (χ0) is 14.0. The number of oxazole rings is 1. The Kier molecular flexibility index (Phi) is 3.59. The lowest BCUT2D eigenvalue weighted by Crippen LogP contribution is -2.12. The summed E-state index contributed by atoms with van der Waals surface area (Å²) in [5.41, 5.74) is 1.63. The number of nitrogens with zero attached hydrogens (tertiary/aromatic N) is 1. The van der Waals surface area contributed by atoms with Gasteiger partial charge < -0.3 is 9.73 Å². The van der Waals surface area contributed by atoms with Gasteiger partial charge in [-0.05, 0) is 38.1 Å². The van der Waals surface area contributed by atoms with Crippen LogP contribution in [0.25, 0.3) is 0 Å². The van der Waals surface area contributed by atoms with Crippen molar-refractivity contribution in [3.8, 4) is 0 Å². The third-order valence-electron chi connectivity index (χ3n) is 2.70. The second kappa shape index (κ2) is 5.02. The largest absolute Gasteiger partial charge is 0.444 e. The molecule has 7 heteroatoms. The van der Waals surface area contributed by atoms with Gasteiger partial charge in [-0.15, -0.1) is 0 Å². The smallest absolute Gasteiger partial charge is 0.238 e. The van der Waals surface area contributed by atoms with Crippen molar-refractivity contribution in [1.29, 1.82) is 0 Å². The molecule has 0 atom stereocenters. The predicted molar refractivity (Wildman–Crippen MR) is 71.1 cm³/mol. The third-order valence-corrected chi connectivity index (χ3v) is 3.63. The number of nitrogens with one attached hydrogen (secondary N) is 1. The molecule has 0 saturated carbocycles. The van der Waals surface area contributed by atoms with Crippen LogP contribution in [0.5, 0.6) is 0 Å². The first-order valence-electron chi connectivity index (χ1n) is 5.66. The van der Waals surface area contributed by atoms with E-state index in [1.165, 1.54) is 12.1 Å². The predicted octanol–water partition coefficient (Wildman–Crippen LogP) is 1.55. The third kappa shape index (κ3) is 3.33. The zero-order valence-corrected chi connectivity index (χ0v) is 11.5. The van der Waals surface area contributed by atoms with Gasteiger partial charge in [-0.25, -0.2) is 18.5 Å². The Balaban J connectivity index is 2.04. The molecule has 19 heavy (non-hydrogen) atoms. The van der Waals surface area contributed by atoms with Crippen molar-refractivity contribution in [3.05, 3.63) is 41.6 Å². The van der Waals surface area contributed by atoms with E-state index in [0.29, 0.717) is 12.4 Å². The van der Waals surface area contributed by atoms with Gasteiger partial charge in [0.15, 0.2) is 0 Å². The summed E-state index contributed by atoms with van der Waals surface area (Å²) in [6.45, 7) is 4.17.